The maximum atomic E-state index is 10.4. The average Bonchev–Trinajstić information content (AvgIpc) is 4.30. The summed E-state index contributed by atoms with van der Waals surface area (Å²) in [6, 6.07) is -17.3. The second-order valence-electron chi connectivity index (χ2n) is 11.3. The topological polar surface area (TPSA) is 14.8 Å². The van der Waals surface area contributed by atoms with Gasteiger partial charge in [-0.3, -0.25) is 0 Å². The molecule has 238 valence electrons. The molecule has 3 heterocycles. The van der Waals surface area contributed by atoms with Gasteiger partial charge in [0.1, 0.15) is 0 Å². The first kappa shape index (κ1) is 12.5. The van der Waals surface area contributed by atoms with E-state index in [1.807, 2.05) is 0 Å². The van der Waals surface area contributed by atoms with E-state index in [9.17, 15) is 16.4 Å². The van der Waals surface area contributed by atoms with E-state index in [1.165, 1.54) is 24.3 Å². The summed E-state index contributed by atoms with van der Waals surface area (Å²) in [5, 5.41) is -3.06. The summed E-state index contributed by atoms with van der Waals surface area (Å²) in [5.41, 5.74) is -5.83. The summed E-state index contributed by atoms with van der Waals surface area (Å²) in [6.45, 7) is 0. The highest BCUT2D eigenvalue weighted by atomic mass is 15.1. The van der Waals surface area contributed by atoms with Gasteiger partial charge in [-0.1, -0.05) is 139 Å². The lowest BCUT2D eigenvalue weighted by Crippen LogP contribution is -2.01. The Bertz CT molecular complexity index is 4600. The molecule has 0 unspecified atom stereocenters. The highest BCUT2D eigenvalue weighted by molar-refractivity contribution is 6.16. The van der Waals surface area contributed by atoms with E-state index < -0.39 is 246 Å². The minimum absolute atomic E-state index is 0.155. The Kier molecular flexibility index (Phi) is 2.65. The van der Waals surface area contributed by atoms with Crippen LogP contribution in [0.2, 0.25) is 0 Å². The molecular formula is C48H31N3. The van der Waals surface area contributed by atoms with Crippen LogP contribution in [0.3, 0.4) is 0 Å². The van der Waals surface area contributed by atoms with Gasteiger partial charge in [0.2, 0.25) is 0 Å². The Balaban J connectivity index is 1.47. The van der Waals surface area contributed by atoms with Crippen LogP contribution in [-0.2, 0) is 0 Å². The number of hydrogen-bond acceptors (Lipinski definition) is 0. The molecule has 0 aliphatic carbocycles. The van der Waals surface area contributed by atoms with Crippen molar-refractivity contribution in [1.29, 1.82) is 0 Å². The fraction of sp³-hybridized carbons (Fsp3) is 0. The number of aromatic nitrogens is 3. The molecule has 0 spiro atoms. The van der Waals surface area contributed by atoms with Gasteiger partial charge in [-0.2, -0.15) is 0 Å². The van der Waals surface area contributed by atoms with Gasteiger partial charge >= 0.3 is 0 Å². The second-order valence-corrected chi connectivity index (χ2v) is 11.3. The fourth-order valence-electron chi connectivity index (χ4n) is 6.70. The molecule has 0 saturated carbocycles. The van der Waals surface area contributed by atoms with Crippen LogP contribution in [0.15, 0.2) is 187 Å². The molecule has 51 heavy (non-hydrogen) atoms. The molecule has 11 rings (SSSR count). The number of benzene rings is 8. The van der Waals surface area contributed by atoms with Crippen molar-refractivity contribution in [3.05, 3.63) is 187 Å². The third-order valence-electron chi connectivity index (χ3n) is 8.73. The van der Waals surface area contributed by atoms with Crippen molar-refractivity contribution in [2.24, 2.45) is 0 Å². The molecular weight excluding hydrogens is 619 g/mol. The first-order valence-electron chi connectivity index (χ1n) is 28.8. The van der Waals surface area contributed by atoms with Gasteiger partial charge in [0.05, 0.1) is 81.5 Å². The quantitative estimate of drug-likeness (QED) is 0.176. The lowest BCUT2D eigenvalue weighted by Gasteiger charge is -2.16. The van der Waals surface area contributed by atoms with Gasteiger partial charge < -0.3 is 13.7 Å². The smallest absolute Gasteiger partial charge is 0.0782 e. The van der Waals surface area contributed by atoms with Crippen LogP contribution in [0, 0.1) is 0 Å². The normalized spacial score (nSPS) is 19.3. The molecule has 3 aromatic heterocycles. The lowest BCUT2D eigenvalue weighted by atomic mass is 10.0. The first-order valence-corrected chi connectivity index (χ1v) is 15.3. The second kappa shape index (κ2) is 10.8. The third-order valence-corrected chi connectivity index (χ3v) is 8.73. The van der Waals surface area contributed by atoms with Crippen molar-refractivity contribution >= 4 is 65.4 Å². The third kappa shape index (κ3) is 4.00. The lowest BCUT2D eigenvalue weighted by molar-refractivity contribution is 1.13. The first-order chi connectivity index (χ1) is 36.6. The van der Waals surface area contributed by atoms with E-state index in [0.717, 1.165) is 13.7 Å². The van der Waals surface area contributed by atoms with Crippen molar-refractivity contribution in [3.8, 4) is 28.2 Å². The van der Waals surface area contributed by atoms with Crippen LogP contribution < -0.4 is 0 Å². The Morgan fingerprint density at radius 2 is 0.843 bits per heavy atom. The van der Waals surface area contributed by atoms with E-state index >= 15 is 0 Å². The SMILES string of the molecule is [2H]c1c([2H])c([2H])c(-c2ccccc2-n2c3c([2H])c([2H])c([2H])c([2H])c3c3c([2H])c([2H])c(-n4c5c([2H])c([2H])c([2H])c([2H])c5c5c([2H])c([2H])c([2H])c(-n6c7c([2H])c([2H])c([2H])c([2H])c7c7c([2H])c([2H])c([2H])c([2H])c76)c54)c([2H])c32)c([2H])c1[2H]. The highest BCUT2D eigenvalue weighted by Gasteiger charge is 2.21. The highest BCUT2D eigenvalue weighted by Crippen LogP contribution is 2.42. The van der Waals surface area contributed by atoms with Crippen molar-refractivity contribution in [2.75, 3.05) is 0 Å². The molecule has 0 bridgehead atoms. The van der Waals surface area contributed by atoms with E-state index in [0.29, 0.717) is 0 Å². The van der Waals surface area contributed by atoms with Crippen LogP contribution in [-0.4, -0.2) is 13.7 Å². The summed E-state index contributed by atoms with van der Waals surface area (Å²) < 4.78 is 249. The van der Waals surface area contributed by atoms with Crippen LogP contribution in [0.1, 0.15) is 37.0 Å². The molecule has 0 N–H and O–H groups in total. The van der Waals surface area contributed by atoms with E-state index in [4.69, 9.17) is 20.6 Å². The molecule has 0 aliphatic rings. The largest absolute Gasteiger partial charge is 0.309 e. The van der Waals surface area contributed by atoms with Crippen LogP contribution in [0.5, 0.6) is 0 Å². The summed E-state index contributed by atoms with van der Waals surface area (Å²) in [6.07, 6.45) is 0. The molecule has 8 aromatic carbocycles. The monoisotopic (exact) mass is 676 g/mol. The number of para-hydroxylation sites is 6. The van der Waals surface area contributed by atoms with Gasteiger partial charge in [0, 0.05) is 43.6 Å². The van der Waals surface area contributed by atoms with Gasteiger partial charge in [-0.15, -0.1) is 0 Å². The van der Waals surface area contributed by atoms with Crippen molar-refractivity contribution in [3.63, 3.8) is 0 Å². The van der Waals surface area contributed by atoms with Crippen molar-refractivity contribution in [2.45, 2.75) is 0 Å². The molecule has 0 fully saturated rings. The minimum Gasteiger partial charge on any atom is -0.309 e. The number of nitrogens with zero attached hydrogens (tertiary/aromatic N) is 3. The summed E-state index contributed by atoms with van der Waals surface area (Å²) in [5.74, 6) is 0. The van der Waals surface area contributed by atoms with Crippen molar-refractivity contribution in [1.82, 2.24) is 13.7 Å². The number of fused-ring (bicyclic) bond motifs is 9. The average molecular weight is 677 g/mol. The summed E-state index contributed by atoms with van der Waals surface area (Å²) in [4.78, 5) is 0. The molecule has 3 nitrogen and oxygen atoms in total. The molecule has 3 heteroatoms. The standard InChI is InChI=1S/C48H31N3/c1-2-15-32(16-3-1)34-17-4-9-23-41(34)51-45-27-13-7-20-37(45)39-30-29-33(31-47(39)51)49-42-24-10-8-21-38(42)40-22-14-28-46(48(40)49)50-43-25-11-5-18-35(43)36-19-6-12-26-44(36)50/h1-31H/i1D,2D,3D,5D,6D,7D,8D,10D,11D,12D,13D,14D,15D,16D,18D,19D,20D,21D,22D,24D,25D,26D,27D,28D,29D,30D,31D. The van der Waals surface area contributed by atoms with E-state index in [1.54, 1.807) is 0 Å². The molecule has 0 amide bonds. The Morgan fingerprint density at radius 3 is 1.49 bits per heavy atom. The Labute approximate surface area is 332 Å². The van der Waals surface area contributed by atoms with Crippen LogP contribution in [0.25, 0.3) is 93.6 Å². The Hall–Kier alpha value is -6.84. The fourth-order valence-corrected chi connectivity index (χ4v) is 6.70. The minimum atomic E-state index is -0.999. The molecule has 0 saturated heterocycles. The van der Waals surface area contributed by atoms with Gasteiger partial charge in [0.25, 0.3) is 0 Å². The van der Waals surface area contributed by atoms with E-state index in [-0.39, 0.29) is 11.3 Å². The van der Waals surface area contributed by atoms with Gasteiger partial charge in [0.15, 0.2) is 0 Å². The van der Waals surface area contributed by atoms with Crippen molar-refractivity contribution < 1.29 is 37.0 Å². The van der Waals surface area contributed by atoms with Gasteiger partial charge in [-0.25, -0.2) is 0 Å². The van der Waals surface area contributed by atoms with Crippen LogP contribution in [0.4, 0.5) is 0 Å². The zero-order chi connectivity index (χ0) is 57.0. The predicted octanol–water partition coefficient (Wildman–Crippen LogP) is 12.6. The zero-order valence-electron chi connectivity index (χ0n) is 52.7. The maximum Gasteiger partial charge on any atom is 0.0782 e. The summed E-state index contributed by atoms with van der Waals surface area (Å²) >= 11 is 0. The number of hydrogen-bond donors (Lipinski definition) is 0. The molecule has 0 aliphatic heterocycles. The molecule has 0 atom stereocenters. The summed E-state index contributed by atoms with van der Waals surface area (Å²) in [7, 11) is 0. The maximum absolute atomic E-state index is 10.4. The van der Waals surface area contributed by atoms with Crippen LogP contribution >= 0.6 is 0 Å². The van der Waals surface area contributed by atoms with Gasteiger partial charge in [-0.05, 0) is 53.9 Å². The Morgan fingerprint density at radius 1 is 0.353 bits per heavy atom. The predicted molar refractivity (Wildman–Crippen MR) is 215 cm³/mol. The zero-order valence-corrected chi connectivity index (χ0v) is 25.7. The van der Waals surface area contributed by atoms with E-state index in [2.05, 4.69) is 0 Å². The molecule has 0 radical (unpaired) electrons. The molecule has 11 aromatic rings. The number of rotatable bonds is 4.